The van der Waals surface area contributed by atoms with Crippen molar-refractivity contribution in [1.82, 2.24) is 15.1 Å². The normalized spacial score (nSPS) is 22.9. The second-order valence-electron chi connectivity index (χ2n) is 6.87. The molecule has 0 spiro atoms. The molecule has 1 atom stereocenters. The number of ether oxygens (including phenoxy) is 1. The zero-order chi connectivity index (χ0) is 14.5. The second-order valence-corrected chi connectivity index (χ2v) is 6.87. The molecule has 1 aliphatic heterocycles. The molecule has 114 valence electrons. The third kappa shape index (κ3) is 5.38. The van der Waals surface area contributed by atoms with Crippen LogP contribution >= 0.6 is 0 Å². The van der Waals surface area contributed by atoms with E-state index in [2.05, 4.69) is 49.9 Å². The Kier molecular flexibility index (Phi) is 6.74. The Morgan fingerprint density at radius 2 is 1.89 bits per heavy atom. The van der Waals surface area contributed by atoms with Crippen molar-refractivity contribution in [1.29, 1.82) is 0 Å². The standard InChI is InChI=1S/C15H33N3O/c1-13(2)9-16-10-14(11-19-6)18-8-7-17(5)15(3,4)12-18/h13-14,16H,7-12H2,1-6H3. The minimum absolute atomic E-state index is 0.252. The summed E-state index contributed by atoms with van der Waals surface area (Å²) in [6.45, 7) is 15.4. The van der Waals surface area contributed by atoms with Gasteiger partial charge in [-0.15, -0.1) is 0 Å². The second kappa shape index (κ2) is 7.58. The van der Waals surface area contributed by atoms with Crippen LogP contribution in [0.15, 0.2) is 0 Å². The highest BCUT2D eigenvalue weighted by Crippen LogP contribution is 2.20. The van der Waals surface area contributed by atoms with Crippen LogP contribution in [0.1, 0.15) is 27.7 Å². The lowest BCUT2D eigenvalue weighted by atomic mass is 9.98. The molecule has 0 aromatic carbocycles. The average molecular weight is 271 g/mol. The average Bonchev–Trinajstić information content (AvgIpc) is 2.31. The van der Waals surface area contributed by atoms with Crippen LogP contribution in [0.5, 0.6) is 0 Å². The summed E-state index contributed by atoms with van der Waals surface area (Å²) in [7, 11) is 4.02. The first kappa shape index (κ1) is 16.9. The van der Waals surface area contributed by atoms with Crippen LogP contribution in [-0.4, -0.2) is 74.9 Å². The van der Waals surface area contributed by atoms with E-state index >= 15 is 0 Å². The summed E-state index contributed by atoms with van der Waals surface area (Å²) in [5.74, 6) is 0.701. The van der Waals surface area contributed by atoms with E-state index in [1.807, 2.05) is 0 Å². The quantitative estimate of drug-likeness (QED) is 0.755. The molecular formula is C15H33N3O. The predicted octanol–water partition coefficient (Wildman–Crippen LogP) is 1.27. The Labute approximate surface area is 119 Å². The van der Waals surface area contributed by atoms with Gasteiger partial charge >= 0.3 is 0 Å². The number of hydrogen-bond donors (Lipinski definition) is 1. The highest BCUT2D eigenvalue weighted by molar-refractivity contribution is 4.91. The molecule has 0 aromatic rings. The van der Waals surface area contributed by atoms with Gasteiger partial charge in [-0.2, -0.15) is 0 Å². The molecule has 1 N–H and O–H groups in total. The Bertz CT molecular complexity index is 256. The largest absolute Gasteiger partial charge is 0.383 e. The number of piperazine rings is 1. The fourth-order valence-corrected chi connectivity index (χ4v) is 2.61. The summed E-state index contributed by atoms with van der Waals surface area (Å²) in [4.78, 5) is 5.03. The molecule has 1 heterocycles. The van der Waals surface area contributed by atoms with Crippen molar-refractivity contribution in [3.8, 4) is 0 Å². The van der Waals surface area contributed by atoms with Gasteiger partial charge in [-0.3, -0.25) is 9.80 Å². The van der Waals surface area contributed by atoms with Crippen molar-refractivity contribution in [3.05, 3.63) is 0 Å². The Morgan fingerprint density at radius 3 is 2.42 bits per heavy atom. The Morgan fingerprint density at radius 1 is 1.21 bits per heavy atom. The summed E-state index contributed by atoms with van der Waals surface area (Å²) in [6.07, 6.45) is 0. The molecule has 1 aliphatic rings. The SMILES string of the molecule is COCC(CNCC(C)C)N1CCN(C)C(C)(C)C1. The maximum absolute atomic E-state index is 5.41. The molecule has 0 saturated carbocycles. The van der Waals surface area contributed by atoms with Crippen LogP contribution in [0.25, 0.3) is 0 Å². The van der Waals surface area contributed by atoms with Gasteiger partial charge in [0.2, 0.25) is 0 Å². The van der Waals surface area contributed by atoms with Gasteiger partial charge in [-0.05, 0) is 33.4 Å². The molecule has 4 heteroatoms. The van der Waals surface area contributed by atoms with Gasteiger partial charge in [-0.1, -0.05) is 13.8 Å². The molecule has 1 saturated heterocycles. The molecule has 0 amide bonds. The van der Waals surface area contributed by atoms with Gasteiger partial charge in [0.05, 0.1) is 6.61 Å². The fourth-order valence-electron chi connectivity index (χ4n) is 2.61. The van der Waals surface area contributed by atoms with Crippen molar-refractivity contribution in [2.45, 2.75) is 39.3 Å². The monoisotopic (exact) mass is 271 g/mol. The first-order chi connectivity index (χ1) is 8.86. The molecule has 1 fully saturated rings. The van der Waals surface area contributed by atoms with E-state index in [0.29, 0.717) is 12.0 Å². The lowest BCUT2D eigenvalue weighted by molar-refractivity contribution is -0.00412. The highest BCUT2D eigenvalue weighted by atomic mass is 16.5. The summed E-state index contributed by atoms with van der Waals surface area (Å²) in [6, 6.07) is 0.483. The lowest BCUT2D eigenvalue weighted by Gasteiger charge is -2.48. The molecule has 0 bridgehead atoms. The van der Waals surface area contributed by atoms with Gasteiger partial charge in [0.1, 0.15) is 0 Å². The topological polar surface area (TPSA) is 27.7 Å². The van der Waals surface area contributed by atoms with Gasteiger partial charge < -0.3 is 10.1 Å². The van der Waals surface area contributed by atoms with Crippen LogP contribution < -0.4 is 5.32 Å². The van der Waals surface area contributed by atoms with Gasteiger partial charge in [-0.25, -0.2) is 0 Å². The zero-order valence-electron chi connectivity index (χ0n) is 13.7. The van der Waals surface area contributed by atoms with Crippen molar-refractivity contribution in [2.24, 2.45) is 5.92 Å². The van der Waals surface area contributed by atoms with E-state index in [-0.39, 0.29) is 5.54 Å². The molecule has 19 heavy (non-hydrogen) atoms. The van der Waals surface area contributed by atoms with Gasteiger partial charge in [0.15, 0.2) is 0 Å². The maximum Gasteiger partial charge on any atom is 0.0630 e. The molecule has 1 unspecified atom stereocenters. The smallest absolute Gasteiger partial charge is 0.0630 e. The highest BCUT2D eigenvalue weighted by Gasteiger charge is 2.33. The maximum atomic E-state index is 5.41. The van der Waals surface area contributed by atoms with E-state index in [1.54, 1.807) is 7.11 Å². The van der Waals surface area contributed by atoms with E-state index < -0.39 is 0 Å². The van der Waals surface area contributed by atoms with E-state index in [4.69, 9.17) is 4.74 Å². The van der Waals surface area contributed by atoms with E-state index in [9.17, 15) is 0 Å². The number of likely N-dealkylation sites (N-methyl/N-ethyl adjacent to an activating group) is 1. The Hall–Kier alpha value is -0.160. The number of nitrogens with one attached hydrogen (secondary N) is 1. The lowest BCUT2D eigenvalue weighted by Crippen LogP contribution is -2.61. The predicted molar refractivity (Wildman–Crippen MR) is 81.7 cm³/mol. The summed E-state index contributed by atoms with van der Waals surface area (Å²) in [5.41, 5.74) is 0.252. The van der Waals surface area contributed by atoms with Crippen molar-refractivity contribution in [3.63, 3.8) is 0 Å². The minimum atomic E-state index is 0.252. The van der Waals surface area contributed by atoms with Crippen molar-refractivity contribution >= 4 is 0 Å². The first-order valence-electron chi connectivity index (χ1n) is 7.51. The fraction of sp³-hybridized carbons (Fsp3) is 1.00. The first-order valence-corrected chi connectivity index (χ1v) is 7.51. The van der Waals surface area contributed by atoms with Gasteiger partial charge in [0.25, 0.3) is 0 Å². The van der Waals surface area contributed by atoms with Crippen LogP contribution in [-0.2, 0) is 4.74 Å². The van der Waals surface area contributed by atoms with Crippen molar-refractivity contribution in [2.75, 3.05) is 53.5 Å². The van der Waals surface area contributed by atoms with Gasteiger partial charge in [0, 0.05) is 44.9 Å². The van der Waals surface area contributed by atoms with Crippen LogP contribution in [0.2, 0.25) is 0 Å². The third-order valence-corrected chi connectivity index (χ3v) is 4.15. The summed E-state index contributed by atoms with van der Waals surface area (Å²) >= 11 is 0. The minimum Gasteiger partial charge on any atom is -0.383 e. The van der Waals surface area contributed by atoms with Crippen molar-refractivity contribution < 1.29 is 4.74 Å². The number of hydrogen-bond acceptors (Lipinski definition) is 4. The third-order valence-electron chi connectivity index (χ3n) is 4.15. The summed E-state index contributed by atoms with van der Waals surface area (Å²) < 4.78 is 5.41. The molecule has 0 aliphatic carbocycles. The number of nitrogens with zero attached hydrogens (tertiary/aromatic N) is 2. The molecule has 1 rings (SSSR count). The molecule has 4 nitrogen and oxygen atoms in total. The molecule has 0 aromatic heterocycles. The van der Waals surface area contributed by atoms with Crippen LogP contribution in [0, 0.1) is 5.92 Å². The van der Waals surface area contributed by atoms with E-state index in [0.717, 1.165) is 39.3 Å². The number of rotatable bonds is 7. The van der Waals surface area contributed by atoms with Crippen LogP contribution in [0.3, 0.4) is 0 Å². The zero-order valence-corrected chi connectivity index (χ0v) is 13.7. The Balaban J connectivity index is 2.51. The molecule has 0 radical (unpaired) electrons. The van der Waals surface area contributed by atoms with E-state index in [1.165, 1.54) is 0 Å². The van der Waals surface area contributed by atoms with Crippen LogP contribution in [0.4, 0.5) is 0 Å². The molecular weight excluding hydrogens is 238 g/mol. The summed E-state index contributed by atoms with van der Waals surface area (Å²) in [5, 5.41) is 3.57. The number of methoxy groups -OCH3 is 1.